The lowest BCUT2D eigenvalue weighted by Crippen LogP contribution is -2.47. The summed E-state index contributed by atoms with van der Waals surface area (Å²) >= 11 is 0. The van der Waals surface area contributed by atoms with Crippen molar-refractivity contribution in [2.75, 3.05) is 14.2 Å². The van der Waals surface area contributed by atoms with Crippen molar-refractivity contribution in [1.29, 1.82) is 0 Å². The lowest BCUT2D eigenvalue weighted by Gasteiger charge is -2.35. The molecule has 3 rings (SSSR count). The molecule has 1 aliphatic rings. The van der Waals surface area contributed by atoms with Crippen LogP contribution in [0.5, 0.6) is 0 Å². The number of guanidine groups is 1. The van der Waals surface area contributed by atoms with E-state index in [-0.39, 0.29) is 5.82 Å². The van der Waals surface area contributed by atoms with E-state index in [2.05, 4.69) is 10.3 Å². The molecule has 140 valence electrons. The Labute approximate surface area is 158 Å². The van der Waals surface area contributed by atoms with Crippen molar-refractivity contribution >= 4 is 11.9 Å². The monoisotopic (exact) mass is 367 g/mol. The van der Waals surface area contributed by atoms with E-state index in [0.717, 1.165) is 16.8 Å². The number of nitrogens with one attached hydrogen (secondary N) is 1. The number of esters is 1. The maximum atomic E-state index is 13.3. The molecule has 0 amide bonds. The van der Waals surface area contributed by atoms with Gasteiger partial charge in [0.25, 0.3) is 0 Å². The minimum Gasteiger partial charge on any atom is -0.466 e. The summed E-state index contributed by atoms with van der Waals surface area (Å²) in [4.78, 5) is 18.9. The number of benzene rings is 2. The molecule has 0 aliphatic carbocycles. The number of halogens is 1. The Bertz CT molecular complexity index is 876. The topological polar surface area (TPSA) is 53.9 Å². The quantitative estimate of drug-likeness (QED) is 0.842. The van der Waals surface area contributed by atoms with E-state index in [0.29, 0.717) is 18.1 Å². The van der Waals surface area contributed by atoms with E-state index in [4.69, 9.17) is 4.74 Å². The van der Waals surface area contributed by atoms with Crippen LogP contribution in [0.1, 0.15) is 24.1 Å². The maximum Gasteiger partial charge on any atom is 0.337 e. The Morgan fingerprint density at radius 2 is 1.85 bits per heavy atom. The van der Waals surface area contributed by atoms with Gasteiger partial charge in [-0.25, -0.2) is 14.2 Å². The Hall–Kier alpha value is -3.15. The number of rotatable bonds is 4. The van der Waals surface area contributed by atoms with Crippen LogP contribution >= 0.6 is 0 Å². The zero-order chi connectivity index (χ0) is 19.4. The summed E-state index contributed by atoms with van der Waals surface area (Å²) in [5.74, 6) is -0.119. The first-order valence-electron chi connectivity index (χ1n) is 8.64. The van der Waals surface area contributed by atoms with E-state index >= 15 is 0 Å². The summed E-state index contributed by atoms with van der Waals surface area (Å²) in [6, 6.07) is 15.5. The molecule has 0 spiro atoms. The third kappa shape index (κ3) is 4.00. The fourth-order valence-corrected chi connectivity index (χ4v) is 3.03. The van der Waals surface area contributed by atoms with Gasteiger partial charge in [-0.1, -0.05) is 42.5 Å². The zero-order valence-corrected chi connectivity index (χ0v) is 15.6. The SMILES string of the molecule is COC(=O)C1=C(C)N(C)C(=NCc2ccccc2)NC1c1ccc(F)cc1. The second kappa shape index (κ2) is 8.03. The molecule has 6 heteroatoms. The van der Waals surface area contributed by atoms with Gasteiger partial charge >= 0.3 is 5.97 Å². The second-order valence-electron chi connectivity index (χ2n) is 6.30. The number of aliphatic imine (C=N–C) groups is 1. The van der Waals surface area contributed by atoms with Crippen LogP contribution in [0.25, 0.3) is 0 Å². The molecule has 0 radical (unpaired) electrons. The van der Waals surface area contributed by atoms with E-state index < -0.39 is 12.0 Å². The summed E-state index contributed by atoms with van der Waals surface area (Å²) in [5, 5.41) is 3.30. The van der Waals surface area contributed by atoms with Crippen LogP contribution in [0.15, 0.2) is 70.9 Å². The molecule has 2 aromatic carbocycles. The molecule has 2 aromatic rings. The van der Waals surface area contributed by atoms with Crippen molar-refractivity contribution in [2.45, 2.75) is 19.5 Å². The Kier molecular flexibility index (Phi) is 5.54. The number of hydrogen-bond donors (Lipinski definition) is 1. The first-order chi connectivity index (χ1) is 13.0. The fraction of sp³-hybridized carbons (Fsp3) is 0.238. The highest BCUT2D eigenvalue weighted by Crippen LogP contribution is 2.30. The second-order valence-corrected chi connectivity index (χ2v) is 6.30. The van der Waals surface area contributed by atoms with Crippen molar-refractivity contribution in [1.82, 2.24) is 10.2 Å². The molecule has 0 fully saturated rings. The fourth-order valence-electron chi connectivity index (χ4n) is 3.03. The van der Waals surface area contributed by atoms with Gasteiger partial charge in [0.2, 0.25) is 0 Å². The van der Waals surface area contributed by atoms with Gasteiger partial charge in [0.15, 0.2) is 5.96 Å². The third-order valence-corrected chi connectivity index (χ3v) is 4.64. The molecular weight excluding hydrogens is 345 g/mol. The molecule has 1 aliphatic heterocycles. The van der Waals surface area contributed by atoms with Crippen molar-refractivity contribution in [3.63, 3.8) is 0 Å². The molecule has 1 heterocycles. The van der Waals surface area contributed by atoms with Crippen molar-refractivity contribution in [3.8, 4) is 0 Å². The Morgan fingerprint density at radius 1 is 1.19 bits per heavy atom. The standard InChI is InChI=1S/C21H22FN3O2/c1-14-18(20(26)27-3)19(16-9-11-17(22)12-10-16)24-21(25(14)2)23-13-15-7-5-4-6-8-15/h4-12,19H,13H2,1-3H3,(H,23,24). The predicted molar refractivity (Wildman–Crippen MR) is 102 cm³/mol. The number of carbonyl (C=O) groups is 1. The van der Waals surface area contributed by atoms with Crippen LogP contribution < -0.4 is 5.32 Å². The van der Waals surface area contributed by atoms with E-state index in [1.165, 1.54) is 19.2 Å². The number of nitrogens with zero attached hydrogens (tertiary/aromatic N) is 2. The van der Waals surface area contributed by atoms with Gasteiger partial charge in [-0.2, -0.15) is 0 Å². The molecule has 1 N–H and O–H groups in total. The van der Waals surface area contributed by atoms with E-state index in [1.807, 2.05) is 49.2 Å². The zero-order valence-electron chi connectivity index (χ0n) is 15.6. The van der Waals surface area contributed by atoms with Crippen LogP contribution in [0.3, 0.4) is 0 Å². The average Bonchev–Trinajstić information content (AvgIpc) is 2.70. The van der Waals surface area contributed by atoms with Crippen LogP contribution in [0.2, 0.25) is 0 Å². The summed E-state index contributed by atoms with van der Waals surface area (Å²) in [6.07, 6.45) is 0. The van der Waals surface area contributed by atoms with Gasteiger partial charge in [-0.3, -0.25) is 0 Å². The van der Waals surface area contributed by atoms with E-state index in [1.54, 1.807) is 12.1 Å². The molecular formula is C21H22FN3O2. The van der Waals surface area contributed by atoms with Crippen LogP contribution in [-0.2, 0) is 16.1 Å². The first-order valence-corrected chi connectivity index (χ1v) is 8.64. The lowest BCUT2D eigenvalue weighted by molar-refractivity contribution is -0.136. The minimum atomic E-state index is -0.469. The summed E-state index contributed by atoms with van der Waals surface area (Å²) in [5.41, 5.74) is 3.06. The average molecular weight is 367 g/mol. The third-order valence-electron chi connectivity index (χ3n) is 4.64. The summed E-state index contributed by atoms with van der Waals surface area (Å²) in [6.45, 7) is 2.35. The van der Waals surface area contributed by atoms with Crippen LogP contribution in [0, 0.1) is 5.82 Å². The molecule has 0 aromatic heterocycles. The first kappa shape index (κ1) is 18.6. The molecule has 0 bridgehead atoms. The van der Waals surface area contributed by atoms with Crippen LogP contribution in [0.4, 0.5) is 4.39 Å². The largest absolute Gasteiger partial charge is 0.466 e. The van der Waals surface area contributed by atoms with Gasteiger partial charge in [-0.15, -0.1) is 0 Å². The van der Waals surface area contributed by atoms with Gasteiger partial charge in [0.05, 0.1) is 25.3 Å². The van der Waals surface area contributed by atoms with E-state index in [9.17, 15) is 9.18 Å². The van der Waals surface area contributed by atoms with Crippen LogP contribution in [-0.4, -0.2) is 31.0 Å². The van der Waals surface area contributed by atoms with Gasteiger partial charge < -0.3 is 15.0 Å². The number of hydrogen-bond acceptors (Lipinski definition) is 3. The molecule has 1 atom stereocenters. The van der Waals surface area contributed by atoms with Gasteiger partial charge in [0, 0.05) is 12.7 Å². The minimum absolute atomic E-state index is 0.329. The molecule has 5 nitrogen and oxygen atoms in total. The highest BCUT2D eigenvalue weighted by atomic mass is 19.1. The van der Waals surface area contributed by atoms with Gasteiger partial charge in [-0.05, 0) is 30.2 Å². The highest BCUT2D eigenvalue weighted by molar-refractivity contribution is 5.96. The number of methoxy groups -OCH3 is 1. The normalized spacial score (nSPS) is 18.4. The van der Waals surface area contributed by atoms with Crippen molar-refractivity contribution in [2.24, 2.45) is 4.99 Å². The molecule has 0 saturated heterocycles. The van der Waals surface area contributed by atoms with Crippen molar-refractivity contribution < 1.29 is 13.9 Å². The molecule has 0 saturated carbocycles. The number of carbonyl (C=O) groups excluding carboxylic acids is 1. The molecule has 1 unspecified atom stereocenters. The highest BCUT2D eigenvalue weighted by Gasteiger charge is 2.33. The van der Waals surface area contributed by atoms with Crippen molar-refractivity contribution in [3.05, 3.63) is 82.8 Å². The Balaban J connectivity index is 1.99. The Morgan fingerprint density at radius 3 is 2.48 bits per heavy atom. The summed E-state index contributed by atoms with van der Waals surface area (Å²) in [7, 11) is 3.19. The molecule has 27 heavy (non-hydrogen) atoms. The smallest absolute Gasteiger partial charge is 0.337 e. The summed E-state index contributed by atoms with van der Waals surface area (Å²) < 4.78 is 18.3. The predicted octanol–water partition coefficient (Wildman–Crippen LogP) is 3.41. The lowest BCUT2D eigenvalue weighted by atomic mass is 9.95. The number of ether oxygens (including phenoxy) is 1. The number of allylic oxidation sites excluding steroid dienone is 1. The van der Waals surface area contributed by atoms with Gasteiger partial charge in [0.1, 0.15) is 5.82 Å². The maximum absolute atomic E-state index is 13.3.